The van der Waals surface area contributed by atoms with E-state index in [2.05, 4.69) is 25.8 Å². The van der Waals surface area contributed by atoms with Gasteiger partial charge in [0.25, 0.3) is 0 Å². The Kier molecular flexibility index (Phi) is 7.23. The monoisotopic (exact) mass is 603 g/mol. The van der Waals surface area contributed by atoms with Gasteiger partial charge in [-0.2, -0.15) is 18.3 Å². The first-order chi connectivity index (χ1) is 17.1. The van der Waals surface area contributed by atoms with Crippen molar-refractivity contribution < 1.29 is 30.7 Å². The minimum Gasteiger partial charge on any atom is -0.495 e. The molecule has 0 amide bonds. The van der Waals surface area contributed by atoms with E-state index in [-0.39, 0.29) is 5.92 Å². The summed E-state index contributed by atoms with van der Waals surface area (Å²) >= 11 is 3.47. The summed E-state index contributed by atoms with van der Waals surface area (Å²) in [7, 11) is -3.22. The van der Waals surface area contributed by atoms with Crippen LogP contribution in [-0.4, -0.2) is 25.3 Å². The number of methoxy groups -OCH3 is 1. The summed E-state index contributed by atoms with van der Waals surface area (Å²) in [6.45, 7) is 5.76. The summed E-state index contributed by atoms with van der Waals surface area (Å²) in [5.74, 6) is -0.960. The number of ether oxygens (including phenoxy) is 1. The van der Waals surface area contributed by atoms with E-state index in [0.29, 0.717) is 33.4 Å². The molecule has 1 fully saturated rings. The van der Waals surface area contributed by atoms with Crippen molar-refractivity contribution in [2.75, 3.05) is 7.11 Å². The molecule has 1 aromatic heterocycles. The highest BCUT2D eigenvalue weighted by Crippen LogP contribution is 2.47. The maximum absolute atomic E-state index is 14.3. The molecular weight excluding hydrogens is 578 g/mol. The van der Waals surface area contributed by atoms with E-state index < -0.39 is 49.8 Å². The van der Waals surface area contributed by atoms with Gasteiger partial charge in [0, 0.05) is 15.6 Å². The molecule has 1 N–H and O–H groups in total. The average molecular weight is 604 g/mol. The molecule has 3 aromatic rings. The number of nitrogens with one attached hydrogen (secondary N) is 1. The van der Waals surface area contributed by atoms with Gasteiger partial charge in [0.15, 0.2) is 0 Å². The highest BCUT2D eigenvalue weighted by molar-refractivity contribution is 9.10. The predicted molar refractivity (Wildman–Crippen MR) is 134 cm³/mol. The molecule has 0 radical (unpaired) electrons. The fraction of sp³-hybridized carbons (Fsp3) is 0.400. The third-order valence-corrected chi connectivity index (χ3v) is 8.28. The molecule has 1 heterocycles. The Labute approximate surface area is 221 Å². The standard InChI is InChI=1S/C25H26BrF4N3O3S/c1-24(2,3)33-23(17-12-16(27)8-9-19(17)26)18(13-31-33)22(14-5-6-14)32-37(34,35)21-10-7-15(25(28,29)30)11-20(21)36-4/h7-14,22,32H,5-6H2,1-4H3. The fourth-order valence-corrected chi connectivity index (χ4v) is 6.06. The van der Waals surface area contributed by atoms with Gasteiger partial charge in [0.05, 0.1) is 36.1 Å². The number of hydrogen-bond acceptors (Lipinski definition) is 4. The predicted octanol–water partition coefficient (Wildman–Crippen LogP) is 6.66. The zero-order chi connectivity index (χ0) is 27.3. The third kappa shape index (κ3) is 5.70. The van der Waals surface area contributed by atoms with Crippen LogP contribution in [0.2, 0.25) is 0 Å². The molecule has 2 aromatic carbocycles. The lowest BCUT2D eigenvalue weighted by atomic mass is 9.98. The quantitative estimate of drug-likeness (QED) is 0.306. The van der Waals surface area contributed by atoms with E-state index in [1.165, 1.54) is 12.1 Å². The molecule has 6 nitrogen and oxygen atoms in total. The van der Waals surface area contributed by atoms with E-state index in [1.54, 1.807) is 16.9 Å². The molecule has 1 saturated carbocycles. The topological polar surface area (TPSA) is 73.2 Å². The molecule has 1 aliphatic carbocycles. The smallest absolute Gasteiger partial charge is 0.416 e. The van der Waals surface area contributed by atoms with Crippen molar-refractivity contribution in [3.8, 4) is 17.0 Å². The minimum absolute atomic E-state index is 0.0704. The van der Waals surface area contributed by atoms with Crippen molar-refractivity contribution in [2.45, 2.75) is 56.3 Å². The number of sulfonamides is 1. The maximum atomic E-state index is 14.3. The molecule has 0 spiro atoms. The average Bonchev–Trinajstić information content (AvgIpc) is 3.55. The highest BCUT2D eigenvalue weighted by atomic mass is 79.9. The molecule has 1 unspecified atom stereocenters. The Balaban J connectivity index is 1.83. The van der Waals surface area contributed by atoms with Crippen LogP contribution in [0, 0.1) is 11.7 Å². The SMILES string of the molecule is COc1cc(C(F)(F)F)ccc1S(=O)(=O)NC(c1cnn(C(C)(C)C)c1-c1cc(F)ccc1Br)C1CC1. The zero-order valence-electron chi connectivity index (χ0n) is 20.5. The van der Waals surface area contributed by atoms with Gasteiger partial charge in [-0.3, -0.25) is 4.68 Å². The lowest BCUT2D eigenvalue weighted by Gasteiger charge is -2.26. The normalized spacial score (nSPS) is 15.6. The van der Waals surface area contributed by atoms with Crippen LogP contribution < -0.4 is 9.46 Å². The molecule has 1 atom stereocenters. The van der Waals surface area contributed by atoms with Crippen molar-refractivity contribution in [2.24, 2.45) is 5.92 Å². The van der Waals surface area contributed by atoms with Crippen LogP contribution in [-0.2, 0) is 21.7 Å². The number of aromatic nitrogens is 2. The summed E-state index contributed by atoms with van der Waals surface area (Å²) in [4.78, 5) is -0.412. The summed E-state index contributed by atoms with van der Waals surface area (Å²) in [6.07, 6.45) is -1.62. The molecular formula is C25H26BrF4N3O3S. The van der Waals surface area contributed by atoms with Gasteiger partial charge in [-0.15, -0.1) is 0 Å². The van der Waals surface area contributed by atoms with E-state index in [0.717, 1.165) is 26.0 Å². The van der Waals surface area contributed by atoms with E-state index in [9.17, 15) is 26.0 Å². The Hall–Kier alpha value is -2.44. The number of hydrogen-bond donors (Lipinski definition) is 1. The first-order valence-electron chi connectivity index (χ1n) is 11.4. The first-order valence-corrected chi connectivity index (χ1v) is 13.7. The van der Waals surface area contributed by atoms with Gasteiger partial charge in [-0.25, -0.2) is 17.5 Å². The van der Waals surface area contributed by atoms with Gasteiger partial charge >= 0.3 is 6.18 Å². The van der Waals surface area contributed by atoms with Gasteiger partial charge in [0.1, 0.15) is 16.5 Å². The van der Waals surface area contributed by atoms with Crippen molar-refractivity contribution >= 4 is 26.0 Å². The Bertz CT molecular complexity index is 1430. The van der Waals surface area contributed by atoms with E-state index >= 15 is 0 Å². The van der Waals surface area contributed by atoms with Crippen LogP contribution in [0.4, 0.5) is 17.6 Å². The summed E-state index contributed by atoms with van der Waals surface area (Å²) in [6, 6.07) is 5.73. The van der Waals surface area contributed by atoms with Crippen LogP contribution in [0.15, 0.2) is 52.0 Å². The molecule has 1 aliphatic rings. The van der Waals surface area contributed by atoms with E-state index in [1.807, 2.05) is 20.8 Å². The minimum atomic E-state index is -4.66. The second-order valence-corrected chi connectivity index (χ2v) is 12.5. The first kappa shape index (κ1) is 27.6. The number of nitrogens with zero attached hydrogens (tertiary/aromatic N) is 2. The summed E-state index contributed by atoms with van der Waals surface area (Å²) in [5, 5.41) is 4.53. The lowest BCUT2D eigenvalue weighted by molar-refractivity contribution is -0.137. The highest BCUT2D eigenvalue weighted by Gasteiger charge is 2.40. The fourth-order valence-electron chi connectivity index (χ4n) is 4.19. The second-order valence-electron chi connectivity index (χ2n) is 9.96. The van der Waals surface area contributed by atoms with Crippen LogP contribution in [0.25, 0.3) is 11.3 Å². The Morgan fingerprint density at radius 3 is 2.38 bits per heavy atom. The summed E-state index contributed by atoms with van der Waals surface area (Å²) in [5.41, 5.74) is 0.0327. The molecule has 0 saturated heterocycles. The van der Waals surface area contributed by atoms with Crippen molar-refractivity contribution in [1.82, 2.24) is 14.5 Å². The molecule has 37 heavy (non-hydrogen) atoms. The second kappa shape index (κ2) is 9.70. The zero-order valence-corrected chi connectivity index (χ0v) is 22.9. The number of alkyl halides is 3. The van der Waals surface area contributed by atoms with Gasteiger partial charge < -0.3 is 4.74 Å². The van der Waals surface area contributed by atoms with Crippen molar-refractivity contribution in [3.63, 3.8) is 0 Å². The Morgan fingerprint density at radius 2 is 1.81 bits per heavy atom. The molecule has 0 bridgehead atoms. The van der Waals surface area contributed by atoms with E-state index in [4.69, 9.17) is 4.74 Å². The molecule has 4 rings (SSSR count). The van der Waals surface area contributed by atoms with Gasteiger partial charge in [-0.05, 0) is 75.9 Å². The van der Waals surface area contributed by atoms with Gasteiger partial charge in [-0.1, -0.05) is 15.9 Å². The van der Waals surface area contributed by atoms with Crippen LogP contribution >= 0.6 is 15.9 Å². The third-order valence-electron chi connectivity index (χ3n) is 6.11. The largest absolute Gasteiger partial charge is 0.495 e. The molecule has 12 heteroatoms. The van der Waals surface area contributed by atoms with Crippen molar-refractivity contribution in [1.29, 1.82) is 0 Å². The molecule has 0 aliphatic heterocycles. The lowest BCUT2D eigenvalue weighted by Crippen LogP contribution is -2.31. The Morgan fingerprint density at radius 1 is 1.14 bits per heavy atom. The summed E-state index contributed by atoms with van der Waals surface area (Å²) < 4.78 is 90.9. The van der Waals surface area contributed by atoms with Crippen LogP contribution in [0.5, 0.6) is 5.75 Å². The van der Waals surface area contributed by atoms with Gasteiger partial charge in [0.2, 0.25) is 10.0 Å². The van der Waals surface area contributed by atoms with Crippen LogP contribution in [0.3, 0.4) is 0 Å². The number of rotatable bonds is 7. The van der Waals surface area contributed by atoms with Crippen LogP contribution in [0.1, 0.15) is 50.8 Å². The maximum Gasteiger partial charge on any atom is 0.416 e. The number of halogens is 5. The molecule has 200 valence electrons. The number of benzene rings is 2. The van der Waals surface area contributed by atoms with Crippen molar-refractivity contribution in [3.05, 3.63) is 64.0 Å².